The predicted molar refractivity (Wildman–Crippen MR) is 146 cm³/mol. The molecule has 1 heterocycles. The van der Waals surface area contributed by atoms with E-state index >= 15 is 0 Å². The topological polar surface area (TPSA) is 70.7 Å². The van der Waals surface area contributed by atoms with E-state index in [0.29, 0.717) is 25.0 Å². The smallest absolute Gasteiger partial charge is 0.239 e. The van der Waals surface area contributed by atoms with Crippen LogP contribution in [0, 0.1) is 11.2 Å². The lowest BCUT2D eigenvalue weighted by atomic mass is 9.73. The Morgan fingerprint density at radius 1 is 1.05 bits per heavy atom. The Morgan fingerprint density at radius 2 is 1.76 bits per heavy atom. The van der Waals surface area contributed by atoms with Gasteiger partial charge in [0.25, 0.3) is 0 Å². The van der Waals surface area contributed by atoms with Crippen LogP contribution in [-0.4, -0.2) is 25.3 Å². The molecule has 1 aliphatic carbocycles. The Morgan fingerprint density at radius 3 is 2.47 bits per heavy atom. The van der Waals surface area contributed by atoms with Crippen molar-refractivity contribution in [2.45, 2.75) is 39.3 Å². The fourth-order valence-corrected chi connectivity index (χ4v) is 5.37. The lowest BCUT2D eigenvalue weighted by Crippen LogP contribution is -2.41. The lowest BCUT2D eigenvalue weighted by molar-refractivity contribution is -0.120. The average Bonchev–Trinajstić information content (AvgIpc) is 3.02. The number of nitrogens with zero attached hydrogens (tertiary/aromatic N) is 1. The normalized spacial score (nSPS) is 18.2. The zero-order valence-corrected chi connectivity index (χ0v) is 21.9. The number of hydrogen-bond acceptors (Lipinski definition) is 5. The number of fused-ring (bicyclic) bond motifs is 1. The molecule has 1 unspecified atom stereocenters. The number of rotatable bonds is 6. The summed E-state index contributed by atoms with van der Waals surface area (Å²) >= 11 is 0. The highest BCUT2D eigenvalue weighted by atomic mass is 19.1. The van der Waals surface area contributed by atoms with Crippen molar-refractivity contribution in [1.82, 2.24) is 5.32 Å². The third kappa shape index (κ3) is 5.28. The van der Waals surface area contributed by atoms with Gasteiger partial charge in [0.15, 0.2) is 5.78 Å². The fourth-order valence-electron chi connectivity index (χ4n) is 5.37. The van der Waals surface area contributed by atoms with Gasteiger partial charge >= 0.3 is 0 Å². The van der Waals surface area contributed by atoms with E-state index in [-0.39, 0.29) is 29.5 Å². The summed E-state index contributed by atoms with van der Waals surface area (Å²) in [5.74, 6) is 0.250. The van der Waals surface area contributed by atoms with Gasteiger partial charge in [-0.2, -0.15) is 0 Å². The van der Waals surface area contributed by atoms with E-state index in [1.165, 1.54) is 12.1 Å². The average molecular weight is 514 g/mol. The van der Waals surface area contributed by atoms with Gasteiger partial charge in [-0.1, -0.05) is 50.2 Å². The van der Waals surface area contributed by atoms with Gasteiger partial charge in [0.2, 0.25) is 5.91 Å². The molecule has 7 heteroatoms. The largest absolute Gasteiger partial charge is 0.497 e. The maximum absolute atomic E-state index is 13.9. The second kappa shape index (κ2) is 10.3. The van der Waals surface area contributed by atoms with Crippen LogP contribution in [0.15, 0.2) is 84.1 Å². The van der Waals surface area contributed by atoms with Gasteiger partial charge in [0.1, 0.15) is 11.6 Å². The Bertz CT molecular complexity index is 1380. The van der Waals surface area contributed by atoms with Crippen molar-refractivity contribution in [3.63, 3.8) is 0 Å². The Hall–Kier alpha value is -4.13. The lowest BCUT2D eigenvalue weighted by Gasteiger charge is -2.37. The summed E-state index contributed by atoms with van der Waals surface area (Å²) in [4.78, 5) is 29.0. The number of benzene rings is 3. The number of carbonyl (C=O) groups is 2. The summed E-state index contributed by atoms with van der Waals surface area (Å²) in [6.07, 6.45) is 1.09. The van der Waals surface area contributed by atoms with E-state index < -0.39 is 6.04 Å². The van der Waals surface area contributed by atoms with E-state index in [1.54, 1.807) is 19.2 Å². The molecule has 3 aromatic carbocycles. The van der Waals surface area contributed by atoms with Gasteiger partial charge in [-0.3, -0.25) is 9.59 Å². The van der Waals surface area contributed by atoms with Gasteiger partial charge < -0.3 is 20.3 Å². The standard InChI is InChI=1S/C31H32FN3O3/c1-31(2)16-25-29(27(36)17-31)30(21-10-12-22(32)13-11-21)35(26-7-5-4-6-24(26)34-25)19-28(37)33-18-20-8-14-23(38-3)15-9-20/h4-15,30,34H,16-19H2,1-3H3,(H,33,37). The summed E-state index contributed by atoms with van der Waals surface area (Å²) in [5, 5.41) is 6.54. The zero-order valence-electron chi connectivity index (χ0n) is 21.9. The molecule has 196 valence electrons. The van der Waals surface area contributed by atoms with Crippen LogP contribution in [0.2, 0.25) is 0 Å². The summed E-state index contributed by atoms with van der Waals surface area (Å²) < 4.78 is 19.1. The molecule has 0 aromatic heterocycles. The first-order valence-electron chi connectivity index (χ1n) is 12.8. The number of amides is 1. The minimum Gasteiger partial charge on any atom is -0.497 e. The Labute approximate surface area is 222 Å². The van der Waals surface area contributed by atoms with Gasteiger partial charge in [-0.15, -0.1) is 0 Å². The first-order chi connectivity index (χ1) is 18.2. The van der Waals surface area contributed by atoms with Crippen LogP contribution >= 0.6 is 0 Å². The molecule has 1 atom stereocenters. The maximum atomic E-state index is 13.9. The summed E-state index contributed by atoms with van der Waals surface area (Å²) in [6, 6.07) is 20.9. The molecule has 0 radical (unpaired) electrons. The fraction of sp³-hybridized carbons (Fsp3) is 0.290. The quantitative estimate of drug-likeness (QED) is 0.438. The Balaban J connectivity index is 1.53. The van der Waals surface area contributed by atoms with Crippen molar-refractivity contribution in [3.8, 4) is 5.75 Å². The third-order valence-corrected chi connectivity index (χ3v) is 7.15. The molecule has 3 aromatic rings. The van der Waals surface area contributed by atoms with Crippen LogP contribution in [0.25, 0.3) is 0 Å². The number of allylic oxidation sites excluding steroid dienone is 1. The van der Waals surface area contributed by atoms with Gasteiger partial charge in [0.05, 0.1) is 31.1 Å². The number of nitrogens with one attached hydrogen (secondary N) is 2. The molecule has 5 rings (SSSR count). The number of methoxy groups -OCH3 is 1. The van der Waals surface area contributed by atoms with Crippen molar-refractivity contribution in [3.05, 3.63) is 101 Å². The highest BCUT2D eigenvalue weighted by Gasteiger charge is 2.41. The molecular weight excluding hydrogens is 481 g/mol. The van der Waals surface area contributed by atoms with Crippen LogP contribution in [-0.2, 0) is 16.1 Å². The summed E-state index contributed by atoms with van der Waals surface area (Å²) in [5.41, 5.74) is 4.63. The van der Waals surface area contributed by atoms with Crippen molar-refractivity contribution in [2.24, 2.45) is 5.41 Å². The van der Waals surface area contributed by atoms with Crippen LogP contribution < -0.4 is 20.3 Å². The molecule has 0 fully saturated rings. The minimum atomic E-state index is -0.544. The number of para-hydroxylation sites is 2. The summed E-state index contributed by atoms with van der Waals surface area (Å²) in [7, 11) is 1.61. The number of hydrogen-bond donors (Lipinski definition) is 2. The molecular formula is C31H32FN3O3. The molecule has 0 spiro atoms. The van der Waals surface area contributed by atoms with E-state index in [0.717, 1.165) is 33.9 Å². The van der Waals surface area contributed by atoms with Crippen LogP contribution in [0.4, 0.5) is 15.8 Å². The van der Waals surface area contributed by atoms with Gasteiger partial charge in [-0.05, 0) is 59.4 Å². The minimum absolute atomic E-state index is 0.0182. The van der Waals surface area contributed by atoms with Gasteiger partial charge in [0, 0.05) is 24.2 Å². The van der Waals surface area contributed by atoms with Crippen molar-refractivity contribution in [2.75, 3.05) is 23.9 Å². The summed E-state index contributed by atoms with van der Waals surface area (Å²) in [6.45, 7) is 4.55. The van der Waals surface area contributed by atoms with E-state index in [4.69, 9.17) is 4.74 Å². The molecule has 1 amide bonds. The predicted octanol–water partition coefficient (Wildman–Crippen LogP) is 5.77. The Kier molecular flexibility index (Phi) is 6.93. The maximum Gasteiger partial charge on any atom is 0.239 e. The highest BCUT2D eigenvalue weighted by molar-refractivity contribution is 6.01. The molecule has 6 nitrogen and oxygen atoms in total. The first-order valence-corrected chi connectivity index (χ1v) is 12.8. The zero-order chi connectivity index (χ0) is 26.9. The number of anilines is 2. The number of Topliss-reactive ketones (excluding diaryl/α,β-unsaturated/α-hetero) is 1. The van der Waals surface area contributed by atoms with E-state index in [1.807, 2.05) is 53.4 Å². The molecule has 2 N–H and O–H groups in total. The van der Waals surface area contributed by atoms with Crippen LogP contribution in [0.5, 0.6) is 5.75 Å². The van der Waals surface area contributed by atoms with Crippen molar-refractivity contribution < 1.29 is 18.7 Å². The SMILES string of the molecule is COc1ccc(CNC(=O)CN2c3ccccc3NC3=C(C(=O)CC(C)(C)C3)C2c2ccc(F)cc2)cc1. The van der Waals surface area contributed by atoms with Crippen molar-refractivity contribution in [1.29, 1.82) is 0 Å². The molecule has 0 saturated carbocycles. The highest BCUT2D eigenvalue weighted by Crippen LogP contribution is 2.48. The number of ketones is 1. The van der Waals surface area contributed by atoms with E-state index in [2.05, 4.69) is 24.5 Å². The van der Waals surface area contributed by atoms with E-state index in [9.17, 15) is 14.0 Å². The number of ether oxygens (including phenoxy) is 1. The number of carbonyl (C=O) groups excluding carboxylic acids is 2. The molecule has 0 bridgehead atoms. The molecule has 0 saturated heterocycles. The second-order valence-electron chi connectivity index (χ2n) is 10.7. The molecule has 2 aliphatic rings. The van der Waals surface area contributed by atoms with Crippen LogP contribution in [0.1, 0.15) is 43.9 Å². The van der Waals surface area contributed by atoms with Crippen molar-refractivity contribution >= 4 is 23.1 Å². The number of halogens is 1. The first kappa shape index (κ1) is 25.5. The molecule has 1 aliphatic heterocycles. The van der Waals surface area contributed by atoms with Crippen LogP contribution in [0.3, 0.4) is 0 Å². The molecule has 38 heavy (non-hydrogen) atoms. The van der Waals surface area contributed by atoms with Gasteiger partial charge in [-0.25, -0.2) is 4.39 Å². The second-order valence-corrected chi connectivity index (χ2v) is 10.7. The third-order valence-electron chi connectivity index (χ3n) is 7.15. The monoisotopic (exact) mass is 513 g/mol.